The first-order valence-electron chi connectivity index (χ1n) is 9.82. The van der Waals surface area contributed by atoms with Gasteiger partial charge in [0.1, 0.15) is 5.25 Å². The maximum Gasteiger partial charge on any atom is 0.244 e. The van der Waals surface area contributed by atoms with Crippen LogP contribution in [0.15, 0.2) is 72.4 Å². The normalized spacial score (nSPS) is 16.9. The Bertz CT molecular complexity index is 990. The number of hydrogen-bond acceptors (Lipinski definition) is 5. The van der Waals surface area contributed by atoms with Gasteiger partial charge in [-0.3, -0.25) is 19.3 Å². The van der Waals surface area contributed by atoms with Gasteiger partial charge in [-0.1, -0.05) is 65.9 Å². The molecule has 2 aromatic rings. The molecule has 0 aromatic heterocycles. The van der Waals surface area contributed by atoms with Crippen LogP contribution in [0.5, 0.6) is 0 Å². The maximum atomic E-state index is 12.8. The number of hydrazone groups is 1. The number of carbonyl (C=O) groups is 3. The third kappa shape index (κ3) is 6.29. The molecule has 2 aromatic carbocycles. The van der Waals surface area contributed by atoms with Gasteiger partial charge < -0.3 is 5.32 Å². The number of hydrogen-bond donors (Lipinski definition) is 2. The molecular weight excluding hydrogens is 412 g/mol. The first kappa shape index (κ1) is 22.3. The van der Waals surface area contributed by atoms with Gasteiger partial charge in [-0.2, -0.15) is 0 Å². The van der Waals surface area contributed by atoms with Crippen LogP contribution >= 0.6 is 11.8 Å². The fraction of sp³-hybridized carbons (Fsp3) is 0.217. The highest BCUT2D eigenvalue weighted by Crippen LogP contribution is 2.29. The lowest BCUT2D eigenvalue weighted by Crippen LogP contribution is -2.34. The lowest BCUT2D eigenvalue weighted by molar-refractivity contribution is -0.128. The molecule has 160 valence electrons. The van der Waals surface area contributed by atoms with Crippen LogP contribution < -0.4 is 10.7 Å². The molecule has 7 nitrogen and oxygen atoms in total. The van der Waals surface area contributed by atoms with E-state index in [1.54, 1.807) is 6.08 Å². The maximum absolute atomic E-state index is 12.8. The van der Waals surface area contributed by atoms with E-state index in [1.807, 2.05) is 61.5 Å². The number of amidine groups is 1. The summed E-state index contributed by atoms with van der Waals surface area (Å²) in [6.07, 6.45) is 1.76. The summed E-state index contributed by atoms with van der Waals surface area (Å²) in [5.41, 5.74) is 5.13. The Morgan fingerprint density at radius 1 is 1.13 bits per heavy atom. The second-order valence-corrected chi connectivity index (χ2v) is 8.22. The van der Waals surface area contributed by atoms with Crippen molar-refractivity contribution in [1.82, 2.24) is 10.3 Å². The van der Waals surface area contributed by atoms with Gasteiger partial charge in [0.2, 0.25) is 17.7 Å². The number of anilines is 1. The fourth-order valence-electron chi connectivity index (χ4n) is 2.97. The predicted octanol–water partition coefficient (Wildman–Crippen LogP) is 3.08. The lowest BCUT2D eigenvalue weighted by Gasteiger charge is -2.13. The predicted molar refractivity (Wildman–Crippen MR) is 123 cm³/mol. The summed E-state index contributed by atoms with van der Waals surface area (Å²) >= 11 is 1.16. The van der Waals surface area contributed by atoms with Crippen molar-refractivity contribution in [1.29, 1.82) is 0 Å². The van der Waals surface area contributed by atoms with E-state index in [4.69, 9.17) is 0 Å². The first-order valence-corrected chi connectivity index (χ1v) is 10.7. The first-order chi connectivity index (χ1) is 15.0. The number of thioether (sulfide) groups is 1. The Morgan fingerprint density at radius 3 is 2.52 bits per heavy atom. The number of amides is 3. The summed E-state index contributed by atoms with van der Waals surface area (Å²) in [6, 6.07) is 16.7. The van der Waals surface area contributed by atoms with Crippen LogP contribution in [0.4, 0.5) is 5.69 Å². The lowest BCUT2D eigenvalue weighted by atomic mass is 10.1. The molecule has 1 saturated heterocycles. The van der Waals surface area contributed by atoms with Crippen molar-refractivity contribution in [3.8, 4) is 0 Å². The van der Waals surface area contributed by atoms with E-state index < -0.39 is 5.25 Å². The number of nitrogens with one attached hydrogen (secondary N) is 2. The smallest absolute Gasteiger partial charge is 0.244 e. The Labute approximate surface area is 185 Å². The van der Waals surface area contributed by atoms with Crippen molar-refractivity contribution < 1.29 is 14.4 Å². The van der Waals surface area contributed by atoms with Crippen LogP contribution in [0, 0.1) is 6.92 Å². The molecule has 1 atom stereocenters. The summed E-state index contributed by atoms with van der Waals surface area (Å²) in [5, 5.41) is 6.66. The third-order valence-corrected chi connectivity index (χ3v) is 5.70. The van der Waals surface area contributed by atoms with Crippen LogP contribution in [0.1, 0.15) is 17.5 Å². The number of benzene rings is 2. The van der Waals surface area contributed by atoms with Gasteiger partial charge in [-0.15, -0.1) is 11.7 Å². The summed E-state index contributed by atoms with van der Waals surface area (Å²) in [5.74, 6) is -0.784. The molecule has 0 bridgehead atoms. The monoisotopic (exact) mass is 436 g/mol. The van der Waals surface area contributed by atoms with Crippen LogP contribution in [0.3, 0.4) is 0 Å². The summed E-state index contributed by atoms with van der Waals surface area (Å²) in [7, 11) is 0. The van der Waals surface area contributed by atoms with Crippen molar-refractivity contribution in [3.05, 3.63) is 78.4 Å². The molecule has 3 rings (SSSR count). The molecular formula is C23H24N4O3S. The van der Waals surface area contributed by atoms with Gasteiger partial charge in [-0.05, 0) is 24.6 Å². The van der Waals surface area contributed by atoms with Crippen molar-refractivity contribution in [2.45, 2.75) is 25.0 Å². The van der Waals surface area contributed by atoms with Crippen LogP contribution in [-0.4, -0.2) is 39.6 Å². The van der Waals surface area contributed by atoms with Gasteiger partial charge >= 0.3 is 0 Å². The van der Waals surface area contributed by atoms with Crippen LogP contribution in [-0.2, 0) is 20.8 Å². The van der Waals surface area contributed by atoms with E-state index in [0.717, 1.165) is 22.9 Å². The van der Waals surface area contributed by atoms with Crippen molar-refractivity contribution >= 4 is 40.3 Å². The summed E-state index contributed by atoms with van der Waals surface area (Å²) in [4.78, 5) is 38.8. The largest absolute Gasteiger partial charge is 0.326 e. The molecule has 31 heavy (non-hydrogen) atoms. The quantitative estimate of drug-likeness (QED) is 0.491. The van der Waals surface area contributed by atoms with E-state index in [-0.39, 0.29) is 37.1 Å². The van der Waals surface area contributed by atoms with E-state index in [1.165, 1.54) is 4.90 Å². The molecule has 3 amide bonds. The van der Waals surface area contributed by atoms with Crippen molar-refractivity contribution in [3.63, 3.8) is 0 Å². The van der Waals surface area contributed by atoms with Gasteiger partial charge in [0.25, 0.3) is 0 Å². The standard InChI is InChI=1S/C23H24N4O3S/c1-3-13-27-22(30)19(15-20(28)24-18-11-9-16(2)10-12-18)31-23(27)26-25-21(29)14-17-7-5-4-6-8-17/h3-12,19H,1,13-15H2,2H3,(H,24,28)(H,25,29)/b26-23+. The minimum absolute atomic E-state index is 0.00199. The second-order valence-electron chi connectivity index (χ2n) is 7.05. The molecule has 1 aliphatic heterocycles. The van der Waals surface area contributed by atoms with Gasteiger partial charge in [0.05, 0.1) is 6.42 Å². The SMILES string of the molecule is C=CCN1C(=O)C(CC(=O)Nc2ccc(C)cc2)S/C1=N/NC(=O)Cc1ccccc1. The van der Waals surface area contributed by atoms with Crippen molar-refractivity contribution in [2.24, 2.45) is 5.10 Å². The second kappa shape index (κ2) is 10.6. The molecule has 0 radical (unpaired) electrons. The van der Waals surface area contributed by atoms with E-state index in [9.17, 15) is 14.4 Å². The Kier molecular flexibility index (Phi) is 7.61. The summed E-state index contributed by atoms with van der Waals surface area (Å²) < 4.78 is 0. The van der Waals surface area contributed by atoms with E-state index in [0.29, 0.717) is 10.9 Å². The molecule has 2 N–H and O–H groups in total. The highest BCUT2D eigenvalue weighted by Gasteiger charge is 2.38. The minimum Gasteiger partial charge on any atom is -0.326 e. The molecule has 1 fully saturated rings. The number of nitrogens with zero attached hydrogens (tertiary/aromatic N) is 2. The van der Waals surface area contributed by atoms with Crippen molar-refractivity contribution in [2.75, 3.05) is 11.9 Å². The molecule has 1 aliphatic rings. The van der Waals surface area contributed by atoms with Gasteiger partial charge in [-0.25, -0.2) is 5.43 Å². The number of carbonyl (C=O) groups excluding carboxylic acids is 3. The molecule has 0 saturated carbocycles. The third-order valence-electron chi connectivity index (χ3n) is 4.52. The number of aryl methyl sites for hydroxylation is 1. The molecule has 0 aliphatic carbocycles. The highest BCUT2D eigenvalue weighted by molar-refractivity contribution is 8.15. The molecule has 1 unspecified atom stereocenters. The van der Waals surface area contributed by atoms with Crippen LogP contribution in [0.25, 0.3) is 0 Å². The topological polar surface area (TPSA) is 90.9 Å². The highest BCUT2D eigenvalue weighted by atomic mass is 32.2. The number of rotatable bonds is 8. The Morgan fingerprint density at radius 2 is 1.84 bits per heavy atom. The fourth-order valence-corrected chi connectivity index (χ4v) is 4.08. The zero-order chi connectivity index (χ0) is 22.2. The average Bonchev–Trinajstić information content (AvgIpc) is 3.04. The van der Waals surface area contributed by atoms with Gasteiger partial charge in [0.15, 0.2) is 5.17 Å². The van der Waals surface area contributed by atoms with Crippen LogP contribution in [0.2, 0.25) is 0 Å². The van der Waals surface area contributed by atoms with E-state index >= 15 is 0 Å². The Hall–Kier alpha value is -3.39. The molecule has 8 heteroatoms. The Balaban J connectivity index is 1.61. The zero-order valence-electron chi connectivity index (χ0n) is 17.2. The average molecular weight is 437 g/mol. The molecule has 1 heterocycles. The van der Waals surface area contributed by atoms with Gasteiger partial charge in [0, 0.05) is 18.7 Å². The summed E-state index contributed by atoms with van der Waals surface area (Å²) in [6.45, 7) is 5.88. The van der Waals surface area contributed by atoms with E-state index in [2.05, 4.69) is 22.4 Å². The molecule has 0 spiro atoms. The minimum atomic E-state index is -0.616. The zero-order valence-corrected chi connectivity index (χ0v) is 18.0.